The Morgan fingerprint density at radius 3 is 2.09 bits per heavy atom. The lowest BCUT2D eigenvalue weighted by Gasteiger charge is -2.38. The molecule has 1 heterocycles. The van der Waals surface area contributed by atoms with Gasteiger partial charge in [0.25, 0.3) is 0 Å². The quantitative estimate of drug-likeness (QED) is 0.582. The largest absolute Gasteiger partial charge is 0.388 e. The predicted octanol–water partition coefficient (Wildman–Crippen LogP) is 3.95. The second kappa shape index (κ2) is 10.3. The van der Waals surface area contributed by atoms with Gasteiger partial charge in [0, 0.05) is 43.1 Å². The number of hydrogen-bond donors (Lipinski definition) is 1. The second-order valence-electron chi connectivity index (χ2n) is 7.93. The number of carbonyl (C=O) groups excluding carboxylic acids is 2. The maximum atomic E-state index is 13.5. The molecule has 0 unspecified atom stereocenters. The fourth-order valence-electron chi connectivity index (χ4n) is 3.93. The van der Waals surface area contributed by atoms with Crippen LogP contribution in [0, 0.1) is 5.82 Å². The Labute approximate surface area is 192 Å². The summed E-state index contributed by atoms with van der Waals surface area (Å²) in [6.45, 7) is 2.27. The number of benzene rings is 3. The summed E-state index contributed by atoms with van der Waals surface area (Å²) in [6.07, 6.45) is 0. The van der Waals surface area contributed by atoms with Gasteiger partial charge in [0.2, 0.25) is 0 Å². The van der Waals surface area contributed by atoms with Crippen LogP contribution in [0.25, 0.3) is 0 Å². The molecule has 7 heteroatoms. The zero-order valence-electron chi connectivity index (χ0n) is 18.2. The van der Waals surface area contributed by atoms with Gasteiger partial charge in [-0.15, -0.1) is 0 Å². The van der Waals surface area contributed by atoms with Crippen molar-refractivity contribution in [2.24, 2.45) is 0 Å². The van der Waals surface area contributed by atoms with E-state index in [1.807, 2.05) is 35.2 Å². The van der Waals surface area contributed by atoms with Crippen molar-refractivity contribution in [1.82, 2.24) is 4.90 Å². The number of anilines is 2. The molecule has 3 aromatic rings. The van der Waals surface area contributed by atoms with E-state index in [1.54, 1.807) is 41.3 Å². The van der Waals surface area contributed by atoms with Gasteiger partial charge in [-0.2, -0.15) is 0 Å². The summed E-state index contributed by atoms with van der Waals surface area (Å²) in [5, 5.41) is 9.04. The molecule has 3 aromatic carbocycles. The summed E-state index contributed by atoms with van der Waals surface area (Å²) in [7, 11) is 0. The zero-order chi connectivity index (χ0) is 23.2. The number of Topliss-reactive ketones (excluding diaryl/α,β-unsaturated/α-hetero) is 1. The van der Waals surface area contributed by atoms with Crippen molar-refractivity contribution in [3.05, 3.63) is 95.8 Å². The van der Waals surface area contributed by atoms with Crippen molar-refractivity contribution in [3.63, 3.8) is 0 Å². The molecule has 33 heavy (non-hydrogen) atoms. The summed E-state index contributed by atoms with van der Waals surface area (Å²) in [5.41, 5.74) is 3.06. The molecule has 0 radical (unpaired) electrons. The smallest absolute Gasteiger partial charge is 0.324 e. The van der Waals surface area contributed by atoms with Gasteiger partial charge in [-0.1, -0.05) is 42.5 Å². The molecule has 6 nitrogen and oxygen atoms in total. The van der Waals surface area contributed by atoms with Gasteiger partial charge in [-0.25, -0.2) is 9.18 Å². The van der Waals surface area contributed by atoms with Crippen LogP contribution in [0.2, 0.25) is 0 Å². The number of para-hydroxylation sites is 1. The van der Waals surface area contributed by atoms with Crippen molar-refractivity contribution in [1.29, 1.82) is 0 Å². The maximum Gasteiger partial charge on any atom is 0.324 e. The number of nitrogens with zero attached hydrogens (tertiary/aromatic N) is 3. The number of urea groups is 1. The van der Waals surface area contributed by atoms with Gasteiger partial charge in [-0.3, -0.25) is 9.69 Å². The number of ketones is 1. The standard InChI is InChI=1S/C26H26FN3O3/c27-22-10-12-23(13-11-22)28-14-16-29(17-15-28)26(33)30(24-4-2-1-3-5-24)18-20-6-8-21(9-7-20)25(32)19-31/h1-13,31H,14-19H2. The van der Waals surface area contributed by atoms with Gasteiger partial charge < -0.3 is 14.9 Å². The third-order valence-electron chi connectivity index (χ3n) is 5.80. The first-order valence-electron chi connectivity index (χ1n) is 10.9. The first-order valence-corrected chi connectivity index (χ1v) is 10.9. The molecule has 1 N–H and O–H groups in total. The van der Waals surface area contributed by atoms with E-state index in [2.05, 4.69) is 4.90 Å². The van der Waals surface area contributed by atoms with Crippen LogP contribution in [0.3, 0.4) is 0 Å². The fourth-order valence-corrected chi connectivity index (χ4v) is 3.93. The topological polar surface area (TPSA) is 64.1 Å². The number of halogens is 1. The Morgan fingerprint density at radius 2 is 1.48 bits per heavy atom. The molecule has 0 aromatic heterocycles. The van der Waals surface area contributed by atoms with Crippen molar-refractivity contribution in [2.45, 2.75) is 6.54 Å². The van der Waals surface area contributed by atoms with Crippen molar-refractivity contribution < 1.29 is 19.1 Å². The molecular weight excluding hydrogens is 421 g/mol. The maximum absolute atomic E-state index is 13.5. The van der Waals surface area contributed by atoms with Crippen LogP contribution in [0.1, 0.15) is 15.9 Å². The third-order valence-corrected chi connectivity index (χ3v) is 5.80. The Bertz CT molecular complexity index is 1080. The van der Waals surface area contributed by atoms with E-state index in [0.29, 0.717) is 38.3 Å². The third kappa shape index (κ3) is 5.38. The number of rotatable bonds is 6. The van der Waals surface area contributed by atoms with Crippen LogP contribution in [0.5, 0.6) is 0 Å². The molecule has 1 saturated heterocycles. The average molecular weight is 448 g/mol. The Morgan fingerprint density at radius 1 is 0.848 bits per heavy atom. The van der Waals surface area contributed by atoms with Crippen LogP contribution in [0.4, 0.5) is 20.6 Å². The van der Waals surface area contributed by atoms with E-state index in [9.17, 15) is 14.0 Å². The monoisotopic (exact) mass is 447 g/mol. The molecule has 170 valence electrons. The first-order chi connectivity index (χ1) is 16.0. The zero-order valence-corrected chi connectivity index (χ0v) is 18.2. The number of aliphatic hydroxyl groups is 1. The normalized spacial score (nSPS) is 13.6. The SMILES string of the molecule is O=C(CO)c1ccc(CN(C(=O)N2CCN(c3ccc(F)cc3)CC2)c2ccccc2)cc1. The van der Waals surface area contributed by atoms with E-state index < -0.39 is 6.61 Å². The lowest BCUT2D eigenvalue weighted by Crippen LogP contribution is -2.53. The Kier molecular flexibility index (Phi) is 7.00. The lowest BCUT2D eigenvalue weighted by molar-refractivity contribution is 0.0903. The van der Waals surface area contributed by atoms with Gasteiger partial charge in [0.05, 0.1) is 6.54 Å². The second-order valence-corrected chi connectivity index (χ2v) is 7.93. The van der Waals surface area contributed by atoms with Crippen LogP contribution >= 0.6 is 0 Å². The summed E-state index contributed by atoms with van der Waals surface area (Å²) < 4.78 is 13.2. The minimum Gasteiger partial charge on any atom is -0.388 e. The minimum atomic E-state index is -0.530. The molecule has 1 aliphatic rings. The van der Waals surface area contributed by atoms with Crippen molar-refractivity contribution in [2.75, 3.05) is 42.6 Å². The summed E-state index contributed by atoms with van der Waals surface area (Å²) in [6, 6.07) is 22.8. The summed E-state index contributed by atoms with van der Waals surface area (Å²) in [5.74, 6) is -0.601. The lowest BCUT2D eigenvalue weighted by atomic mass is 10.1. The van der Waals surface area contributed by atoms with Crippen LogP contribution < -0.4 is 9.80 Å². The number of piperazine rings is 1. The molecule has 2 amide bonds. The van der Waals surface area contributed by atoms with Crippen LogP contribution in [-0.4, -0.2) is 54.6 Å². The molecule has 0 spiro atoms. The van der Waals surface area contributed by atoms with Crippen LogP contribution in [-0.2, 0) is 6.54 Å². The van der Waals surface area contributed by atoms with E-state index >= 15 is 0 Å². The highest BCUT2D eigenvalue weighted by atomic mass is 19.1. The predicted molar refractivity (Wildman–Crippen MR) is 126 cm³/mol. The number of hydrogen-bond acceptors (Lipinski definition) is 4. The molecule has 0 atom stereocenters. The highest BCUT2D eigenvalue weighted by Gasteiger charge is 2.26. The van der Waals surface area contributed by atoms with Gasteiger partial charge in [0.15, 0.2) is 5.78 Å². The molecule has 0 aliphatic carbocycles. The van der Waals surface area contributed by atoms with E-state index in [-0.39, 0.29) is 17.6 Å². The summed E-state index contributed by atoms with van der Waals surface area (Å²) >= 11 is 0. The highest BCUT2D eigenvalue weighted by Crippen LogP contribution is 2.22. The summed E-state index contributed by atoms with van der Waals surface area (Å²) in [4.78, 5) is 30.9. The van der Waals surface area contributed by atoms with E-state index in [0.717, 1.165) is 16.9 Å². The molecule has 0 saturated carbocycles. The highest BCUT2D eigenvalue weighted by molar-refractivity contribution is 5.97. The van der Waals surface area contributed by atoms with Crippen molar-refractivity contribution >= 4 is 23.2 Å². The number of carbonyl (C=O) groups is 2. The van der Waals surface area contributed by atoms with Gasteiger partial charge in [-0.05, 0) is 42.0 Å². The molecule has 1 aliphatic heterocycles. The van der Waals surface area contributed by atoms with Crippen molar-refractivity contribution in [3.8, 4) is 0 Å². The average Bonchev–Trinajstić information content (AvgIpc) is 2.88. The molecule has 1 fully saturated rings. The first kappa shape index (κ1) is 22.5. The molecule has 4 rings (SSSR count). The fraction of sp³-hybridized carbons (Fsp3) is 0.231. The number of amides is 2. The van der Waals surface area contributed by atoms with E-state index in [4.69, 9.17) is 5.11 Å². The molecule has 0 bridgehead atoms. The minimum absolute atomic E-state index is 0.0875. The number of aliphatic hydroxyl groups excluding tert-OH is 1. The van der Waals surface area contributed by atoms with Gasteiger partial charge >= 0.3 is 6.03 Å². The Hall–Kier alpha value is -3.71. The molecular formula is C26H26FN3O3. The van der Waals surface area contributed by atoms with E-state index in [1.165, 1.54) is 12.1 Å². The van der Waals surface area contributed by atoms with Crippen LogP contribution in [0.15, 0.2) is 78.9 Å². The Balaban J connectivity index is 1.47. The van der Waals surface area contributed by atoms with Gasteiger partial charge in [0.1, 0.15) is 12.4 Å².